The number of rotatable bonds is 2. The maximum absolute atomic E-state index is 8.19. The summed E-state index contributed by atoms with van der Waals surface area (Å²) >= 11 is 0. The molecule has 1 nitrogen and oxygen atoms in total. The Morgan fingerprint density at radius 2 is 0.947 bits per heavy atom. The van der Waals surface area contributed by atoms with Crippen LogP contribution in [0.1, 0.15) is 125 Å². The van der Waals surface area contributed by atoms with Crippen molar-refractivity contribution in [1.82, 2.24) is 0 Å². The van der Waals surface area contributed by atoms with Crippen molar-refractivity contribution in [2.75, 3.05) is 0 Å². The van der Waals surface area contributed by atoms with E-state index in [4.69, 9.17) is 4.43 Å². The monoisotopic (exact) mass is 574 g/mol. The van der Waals surface area contributed by atoms with Crippen LogP contribution >= 0.6 is 0 Å². The van der Waals surface area contributed by atoms with Gasteiger partial charge in [0.1, 0.15) is 0 Å². The average Bonchev–Trinajstić information content (AvgIpc) is 3.17. The molecule has 3 atom stereocenters. The van der Waals surface area contributed by atoms with E-state index in [0.717, 1.165) is 0 Å². The molecule has 38 heavy (non-hydrogen) atoms. The van der Waals surface area contributed by atoms with Crippen molar-refractivity contribution in [3.63, 3.8) is 0 Å². The largest absolute Gasteiger partial charge is 0.544 e. The maximum Gasteiger partial charge on any atom is 0.270 e. The van der Waals surface area contributed by atoms with Crippen LogP contribution in [0.4, 0.5) is 0 Å². The molecule has 0 N–H and O–H groups in total. The van der Waals surface area contributed by atoms with Crippen LogP contribution in [0.3, 0.4) is 0 Å². The average molecular weight is 575 g/mol. The molecule has 3 rings (SSSR count). The quantitative estimate of drug-likeness (QED) is 0.298. The molecule has 0 bridgehead atoms. The first-order valence-electron chi connectivity index (χ1n) is 15.4. The molecule has 0 amide bonds. The summed E-state index contributed by atoms with van der Waals surface area (Å²) < 4.78 is 8.33. The zero-order valence-electron chi connectivity index (χ0n) is 29.9. The second-order valence-corrected chi connectivity index (χ2v) is 39.9. The Bertz CT molecular complexity index is 1090. The van der Waals surface area contributed by atoms with Crippen molar-refractivity contribution in [3.05, 3.63) is 22.1 Å². The van der Waals surface area contributed by atoms with Crippen molar-refractivity contribution in [2.24, 2.45) is 27.1 Å². The van der Waals surface area contributed by atoms with Crippen LogP contribution in [0.2, 0.25) is 40.9 Å². The predicted octanol–water partition coefficient (Wildman–Crippen LogP) is 11.6. The lowest BCUT2D eigenvalue weighted by molar-refractivity contribution is 0.168. The standard InChI is InChI=1S/C34H66OSi3/c1-27(2,3)23-25-33(23,30(10,11)12)34(36(19,20)31(13,14)15)24(28(4,5)6)26(29(7,8)9)38(34,35-25)37(21,22)32(16,17)18/h1-22H3. The molecule has 3 unspecified atom stereocenters. The van der Waals surface area contributed by atoms with Crippen molar-refractivity contribution in [2.45, 2.75) is 166 Å². The Labute approximate surface area is 242 Å². The summed E-state index contributed by atoms with van der Waals surface area (Å²) in [6.45, 7) is 56.8. The van der Waals surface area contributed by atoms with Gasteiger partial charge in [0.05, 0.1) is 26.8 Å². The maximum atomic E-state index is 8.19. The highest BCUT2D eigenvalue weighted by Gasteiger charge is 2.98. The lowest BCUT2D eigenvalue weighted by atomic mass is 9.62. The van der Waals surface area contributed by atoms with Crippen LogP contribution in [0.15, 0.2) is 22.1 Å². The molecule has 0 spiro atoms. The van der Waals surface area contributed by atoms with Crippen molar-refractivity contribution < 1.29 is 4.43 Å². The Morgan fingerprint density at radius 1 is 0.553 bits per heavy atom. The fourth-order valence-electron chi connectivity index (χ4n) is 9.38. The van der Waals surface area contributed by atoms with Crippen LogP contribution in [-0.2, 0) is 4.43 Å². The van der Waals surface area contributed by atoms with Crippen molar-refractivity contribution in [1.29, 1.82) is 0 Å². The Kier molecular flexibility index (Phi) is 6.53. The molecular formula is C34H66OSi3. The summed E-state index contributed by atoms with van der Waals surface area (Å²) in [6, 6.07) is 0. The second-order valence-electron chi connectivity index (χ2n) is 20.5. The molecule has 0 aromatic heterocycles. The van der Waals surface area contributed by atoms with Crippen LogP contribution in [0, 0.1) is 27.1 Å². The zero-order chi connectivity index (χ0) is 30.5. The number of hydrogen-bond acceptors (Lipinski definition) is 1. The van der Waals surface area contributed by atoms with Crippen LogP contribution in [0.25, 0.3) is 0 Å². The van der Waals surface area contributed by atoms with E-state index >= 15 is 0 Å². The van der Waals surface area contributed by atoms with Gasteiger partial charge in [0.25, 0.3) is 7.83 Å². The summed E-state index contributed by atoms with van der Waals surface area (Å²) in [5, 5.41) is 2.31. The van der Waals surface area contributed by atoms with E-state index in [0.29, 0.717) is 0 Å². The van der Waals surface area contributed by atoms with Gasteiger partial charge in [0.2, 0.25) is 0 Å². The van der Waals surface area contributed by atoms with E-state index < -0.39 is 23.5 Å². The summed E-state index contributed by atoms with van der Waals surface area (Å²) in [6.07, 6.45) is 0. The third-order valence-electron chi connectivity index (χ3n) is 12.1. The SMILES string of the molecule is CC(C)(C)C1=C2O[Si]3([Si](C)(C)C(C)(C)C)C(C(C)(C)C)=C(C(C)(C)C)C3([Si](C)(C)C(C)(C)C)C21C(C)(C)C. The highest BCUT2D eigenvalue weighted by Crippen LogP contribution is 2.96. The molecule has 2 heterocycles. The van der Waals surface area contributed by atoms with Crippen LogP contribution in [-0.4, -0.2) is 23.5 Å². The third-order valence-corrected chi connectivity index (χ3v) is 41.2. The molecule has 1 saturated heterocycles. The Hall–Kier alpha value is -0.0694. The van der Waals surface area contributed by atoms with Gasteiger partial charge in [0.15, 0.2) is 0 Å². The van der Waals surface area contributed by atoms with Crippen molar-refractivity contribution >= 4 is 23.5 Å². The molecule has 0 saturated carbocycles. The van der Waals surface area contributed by atoms with E-state index in [2.05, 4.69) is 151 Å². The third kappa shape index (κ3) is 3.26. The fourth-order valence-corrected chi connectivity index (χ4v) is 43.3. The van der Waals surface area contributed by atoms with Gasteiger partial charge >= 0.3 is 0 Å². The van der Waals surface area contributed by atoms with Gasteiger partial charge in [0, 0.05) is 4.66 Å². The second kappa shape index (κ2) is 7.65. The van der Waals surface area contributed by atoms with Gasteiger partial charge in [-0.05, 0) is 42.5 Å². The molecule has 1 fully saturated rings. The minimum Gasteiger partial charge on any atom is -0.544 e. The number of allylic oxidation sites excluding steroid dienone is 4. The fraction of sp³-hybridized carbons (Fsp3) is 0.882. The van der Waals surface area contributed by atoms with Crippen LogP contribution in [0.5, 0.6) is 0 Å². The van der Waals surface area contributed by atoms with Gasteiger partial charge in [-0.15, -0.1) is 0 Å². The van der Waals surface area contributed by atoms with Gasteiger partial charge in [-0.3, -0.25) is 0 Å². The molecular weight excluding hydrogens is 509 g/mol. The van der Waals surface area contributed by atoms with E-state index in [9.17, 15) is 0 Å². The van der Waals surface area contributed by atoms with E-state index in [-0.39, 0.29) is 41.8 Å². The van der Waals surface area contributed by atoms with Gasteiger partial charge in [-0.2, -0.15) is 0 Å². The predicted molar refractivity (Wildman–Crippen MR) is 178 cm³/mol. The molecule has 2 aliphatic heterocycles. The summed E-state index contributed by atoms with van der Waals surface area (Å²) in [5.74, 6) is 1.46. The summed E-state index contributed by atoms with van der Waals surface area (Å²) in [7, 11) is -6.57. The van der Waals surface area contributed by atoms with Crippen LogP contribution < -0.4 is 0 Å². The summed E-state index contributed by atoms with van der Waals surface area (Å²) in [4.78, 5) is 0. The molecule has 220 valence electrons. The lowest BCUT2D eigenvalue weighted by Gasteiger charge is -2.76. The first-order valence-corrected chi connectivity index (χ1v) is 24.3. The minimum absolute atomic E-state index is 0.0281. The molecule has 0 aromatic carbocycles. The first kappa shape index (κ1) is 32.4. The van der Waals surface area contributed by atoms with E-state index in [1.165, 1.54) is 5.76 Å². The smallest absolute Gasteiger partial charge is 0.270 e. The number of fused-ring (bicyclic) bond motifs is 3. The Balaban J connectivity index is 2.82. The number of hydrogen-bond donors (Lipinski definition) is 0. The van der Waals surface area contributed by atoms with Crippen molar-refractivity contribution in [3.8, 4) is 0 Å². The minimum atomic E-state index is -2.50. The van der Waals surface area contributed by atoms with Gasteiger partial charge < -0.3 is 4.43 Å². The molecule has 1 aliphatic carbocycles. The normalized spacial score (nSPS) is 31.2. The molecule has 3 aliphatic rings. The first-order chi connectivity index (χ1) is 16.2. The highest BCUT2D eigenvalue weighted by atomic mass is 29.3. The van der Waals surface area contributed by atoms with E-state index in [1.807, 2.05) is 10.8 Å². The molecule has 0 aromatic rings. The zero-order valence-corrected chi connectivity index (χ0v) is 32.9. The molecule has 0 radical (unpaired) electrons. The molecule has 4 heteroatoms. The van der Waals surface area contributed by atoms with Gasteiger partial charge in [-0.1, -0.05) is 156 Å². The van der Waals surface area contributed by atoms with Gasteiger partial charge in [-0.25, -0.2) is 0 Å². The topological polar surface area (TPSA) is 9.23 Å². The Morgan fingerprint density at radius 3 is 1.21 bits per heavy atom. The highest BCUT2D eigenvalue weighted by molar-refractivity contribution is 7.48. The lowest BCUT2D eigenvalue weighted by Crippen LogP contribution is -2.85. The van der Waals surface area contributed by atoms with E-state index in [1.54, 1.807) is 5.57 Å². The summed E-state index contributed by atoms with van der Waals surface area (Å²) in [5.41, 5.74) is 3.93.